The van der Waals surface area contributed by atoms with E-state index < -0.39 is 0 Å². The standard InChI is InChI=1S/C21H34N4O4.HI/c1-22-21(23-10-7-5-6-8-20(26)29-4)24-16-9-11-25(15-16)17-12-18(27-2)14-19(13-17)28-3;/h12-14,16H,5-11,15H2,1-4H3,(H2,22,23,24);1H. The summed E-state index contributed by atoms with van der Waals surface area (Å²) in [7, 11) is 6.54. The number of methoxy groups -OCH3 is 3. The Morgan fingerprint density at radius 1 is 1.13 bits per heavy atom. The summed E-state index contributed by atoms with van der Waals surface area (Å²) in [5.41, 5.74) is 1.10. The average molecular weight is 534 g/mol. The second kappa shape index (κ2) is 14.2. The number of nitrogens with zero attached hydrogens (tertiary/aromatic N) is 2. The Bertz CT molecular complexity index is 665. The number of halogens is 1. The van der Waals surface area contributed by atoms with Crippen LogP contribution in [0.5, 0.6) is 11.5 Å². The third-order valence-electron chi connectivity index (χ3n) is 5.03. The van der Waals surface area contributed by atoms with Crippen molar-refractivity contribution in [1.82, 2.24) is 10.6 Å². The van der Waals surface area contributed by atoms with Gasteiger partial charge in [0.1, 0.15) is 11.5 Å². The highest BCUT2D eigenvalue weighted by molar-refractivity contribution is 14.0. The molecular formula is C21H35IN4O4. The van der Waals surface area contributed by atoms with Crippen molar-refractivity contribution in [2.75, 3.05) is 52.9 Å². The van der Waals surface area contributed by atoms with Gasteiger partial charge in [-0.1, -0.05) is 6.42 Å². The van der Waals surface area contributed by atoms with Crippen LogP contribution in [0.25, 0.3) is 0 Å². The predicted octanol–water partition coefficient (Wildman–Crippen LogP) is 2.80. The number of carbonyl (C=O) groups is 1. The molecule has 1 saturated heterocycles. The number of unbranched alkanes of at least 4 members (excludes halogenated alkanes) is 2. The van der Waals surface area contributed by atoms with Crippen LogP contribution in [0, 0.1) is 0 Å². The number of anilines is 1. The number of esters is 1. The average Bonchev–Trinajstić information content (AvgIpc) is 3.23. The van der Waals surface area contributed by atoms with Crippen molar-refractivity contribution in [3.05, 3.63) is 18.2 Å². The Balaban J connectivity index is 0.00000450. The number of carbonyl (C=O) groups excluding carboxylic acids is 1. The smallest absolute Gasteiger partial charge is 0.305 e. The molecule has 0 bridgehead atoms. The molecule has 0 amide bonds. The molecule has 0 spiro atoms. The normalized spacial score (nSPS) is 15.9. The predicted molar refractivity (Wildman–Crippen MR) is 131 cm³/mol. The van der Waals surface area contributed by atoms with E-state index in [4.69, 9.17) is 9.47 Å². The Morgan fingerprint density at radius 2 is 1.83 bits per heavy atom. The van der Waals surface area contributed by atoms with Crippen molar-refractivity contribution in [2.24, 2.45) is 4.99 Å². The summed E-state index contributed by atoms with van der Waals surface area (Å²) in [4.78, 5) is 17.8. The number of hydrogen-bond donors (Lipinski definition) is 2. The fraction of sp³-hybridized carbons (Fsp3) is 0.619. The lowest BCUT2D eigenvalue weighted by Gasteiger charge is -2.21. The van der Waals surface area contributed by atoms with Gasteiger partial charge in [0, 0.05) is 63.0 Å². The molecule has 8 nitrogen and oxygen atoms in total. The Kier molecular flexibility index (Phi) is 12.3. The van der Waals surface area contributed by atoms with Crippen molar-refractivity contribution in [2.45, 2.75) is 38.1 Å². The number of aliphatic imine (C=N–C) groups is 1. The molecule has 1 heterocycles. The highest BCUT2D eigenvalue weighted by Gasteiger charge is 2.24. The molecule has 2 rings (SSSR count). The molecule has 1 atom stereocenters. The minimum atomic E-state index is -0.144. The maximum atomic E-state index is 11.1. The third kappa shape index (κ3) is 8.45. The fourth-order valence-corrected chi connectivity index (χ4v) is 3.36. The van der Waals surface area contributed by atoms with E-state index in [9.17, 15) is 4.79 Å². The summed E-state index contributed by atoms with van der Waals surface area (Å²) in [6.07, 6.45) is 4.32. The monoisotopic (exact) mass is 534 g/mol. The zero-order chi connectivity index (χ0) is 21.1. The van der Waals surface area contributed by atoms with Crippen molar-refractivity contribution in [1.29, 1.82) is 0 Å². The second-order valence-electron chi connectivity index (χ2n) is 7.03. The molecule has 9 heteroatoms. The Labute approximate surface area is 196 Å². The molecule has 0 aliphatic carbocycles. The highest BCUT2D eigenvalue weighted by Crippen LogP contribution is 2.30. The topological polar surface area (TPSA) is 84.4 Å². The lowest BCUT2D eigenvalue weighted by Crippen LogP contribution is -2.44. The number of benzene rings is 1. The molecule has 1 aromatic carbocycles. The number of guanidine groups is 1. The Hall–Kier alpha value is -1.91. The van der Waals surface area contributed by atoms with Crippen LogP contribution in [0.2, 0.25) is 0 Å². The highest BCUT2D eigenvalue weighted by atomic mass is 127. The fourth-order valence-electron chi connectivity index (χ4n) is 3.36. The quantitative estimate of drug-likeness (QED) is 0.157. The van der Waals surface area contributed by atoms with Gasteiger partial charge in [0.15, 0.2) is 5.96 Å². The number of rotatable bonds is 10. The van der Waals surface area contributed by atoms with Crippen molar-refractivity contribution < 1.29 is 19.0 Å². The van der Waals surface area contributed by atoms with Crippen LogP contribution in [-0.2, 0) is 9.53 Å². The van der Waals surface area contributed by atoms with Gasteiger partial charge in [-0.05, 0) is 19.3 Å². The van der Waals surface area contributed by atoms with Crippen LogP contribution in [0.15, 0.2) is 23.2 Å². The molecule has 170 valence electrons. The van der Waals surface area contributed by atoms with Crippen molar-refractivity contribution in [3.8, 4) is 11.5 Å². The molecule has 2 N–H and O–H groups in total. The first-order valence-corrected chi connectivity index (χ1v) is 10.1. The van der Waals surface area contributed by atoms with E-state index in [2.05, 4.69) is 25.3 Å². The van der Waals surface area contributed by atoms with Gasteiger partial charge < -0.3 is 29.7 Å². The first kappa shape index (κ1) is 26.1. The van der Waals surface area contributed by atoms with Gasteiger partial charge in [-0.3, -0.25) is 9.79 Å². The van der Waals surface area contributed by atoms with Gasteiger partial charge >= 0.3 is 5.97 Å². The Morgan fingerprint density at radius 3 is 2.43 bits per heavy atom. The number of hydrogen-bond acceptors (Lipinski definition) is 6. The first-order valence-electron chi connectivity index (χ1n) is 10.1. The minimum absolute atomic E-state index is 0. The van der Waals surface area contributed by atoms with Gasteiger partial charge in [-0.25, -0.2) is 0 Å². The van der Waals surface area contributed by atoms with E-state index in [0.717, 1.165) is 68.5 Å². The summed E-state index contributed by atoms with van der Waals surface area (Å²) < 4.78 is 15.4. The van der Waals surface area contributed by atoms with Crippen LogP contribution >= 0.6 is 24.0 Å². The van der Waals surface area contributed by atoms with Gasteiger partial charge in [-0.15, -0.1) is 24.0 Å². The molecular weight excluding hydrogens is 499 g/mol. The van der Waals surface area contributed by atoms with Crippen molar-refractivity contribution in [3.63, 3.8) is 0 Å². The zero-order valence-electron chi connectivity index (χ0n) is 18.4. The van der Waals surface area contributed by atoms with Gasteiger partial charge in [-0.2, -0.15) is 0 Å². The summed E-state index contributed by atoms with van der Waals surface area (Å²) in [5.74, 6) is 2.25. The van der Waals surface area contributed by atoms with Crippen molar-refractivity contribution >= 4 is 41.6 Å². The summed E-state index contributed by atoms with van der Waals surface area (Å²) in [6, 6.07) is 6.27. The first-order chi connectivity index (χ1) is 14.1. The molecule has 0 radical (unpaired) electrons. The summed E-state index contributed by atoms with van der Waals surface area (Å²) in [5, 5.41) is 6.86. The minimum Gasteiger partial charge on any atom is -0.497 e. The number of ether oxygens (including phenoxy) is 3. The lowest BCUT2D eigenvalue weighted by atomic mass is 10.2. The van der Waals surface area contributed by atoms with Crippen LogP contribution in [0.3, 0.4) is 0 Å². The molecule has 0 aromatic heterocycles. The van der Waals surface area contributed by atoms with Gasteiger partial charge in [0.25, 0.3) is 0 Å². The molecule has 1 aromatic rings. The van der Waals surface area contributed by atoms with Gasteiger partial charge in [0.2, 0.25) is 0 Å². The molecule has 1 unspecified atom stereocenters. The van der Waals surface area contributed by atoms with E-state index in [1.165, 1.54) is 7.11 Å². The van der Waals surface area contributed by atoms with Crippen LogP contribution in [0.4, 0.5) is 5.69 Å². The van der Waals surface area contributed by atoms with Crippen LogP contribution in [-0.4, -0.2) is 66.0 Å². The zero-order valence-corrected chi connectivity index (χ0v) is 20.7. The van der Waals surface area contributed by atoms with E-state index in [0.29, 0.717) is 12.5 Å². The third-order valence-corrected chi connectivity index (χ3v) is 5.03. The molecule has 1 aliphatic rings. The molecule has 1 aliphatic heterocycles. The number of nitrogens with one attached hydrogen (secondary N) is 2. The van der Waals surface area contributed by atoms with Gasteiger partial charge in [0.05, 0.1) is 21.3 Å². The van der Waals surface area contributed by atoms with E-state index >= 15 is 0 Å². The largest absolute Gasteiger partial charge is 0.497 e. The van der Waals surface area contributed by atoms with Crippen LogP contribution in [0.1, 0.15) is 32.1 Å². The molecule has 1 fully saturated rings. The maximum absolute atomic E-state index is 11.1. The SMILES string of the molecule is CN=C(NCCCCCC(=O)OC)NC1CCN(c2cc(OC)cc(OC)c2)C1.I. The molecule has 0 saturated carbocycles. The maximum Gasteiger partial charge on any atom is 0.305 e. The van der Waals surface area contributed by atoms with E-state index in [1.54, 1.807) is 21.3 Å². The summed E-state index contributed by atoms with van der Waals surface area (Å²) >= 11 is 0. The lowest BCUT2D eigenvalue weighted by molar-refractivity contribution is -0.140. The summed E-state index contributed by atoms with van der Waals surface area (Å²) in [6.45, 7) is 2.67. The molecule has 30 heavy (non-hydrogen) atoms. The second-order valence-corrected chi connectivity index (χ2v) is 7.03. The van der Waals surface area contributed by atoms with Crippen LogP contribution < -0.4 is 25.0 Å². The van der Waals surface area contributed by atoms with E-state index in [1.807, 2.05) is 18.2 Å². The van der Waals surface area contributed by atoms with E-state index in [-0.39, 0.29) is 29.9 Å².